The molecule has 0 aliphatic carbocycles. The molecule has 0 atom stereocenters. The summed E-state index contributed by atoms with van der Waals surface area (Å²) in [6.07, 6.45) is 2.69. The average molecular weight is 216 g/mol. The van der Waals surface area contributed by atoms with Crippen LogP contribution >= 0.6 is 0 Å². The maximum atomic E-state index is 10.7. The van der Waals surface area contributed by atoms with Crippen LogP contribution in [-0.4, -0.2) is 38.0 Å². The van der Waals surface area contributed by atoms with Gasteiger partial charge in [-0.1, -0.05) is 0 Å². The number of hydrogen-bond acceptors (Lipinski definition) is 5. The molecule has 0 amide bonds. The first-order chi connectivity index (χ1) is 6.58. The largest absolute Gasteiger partial charge is 0.367 e. The summed E-state index contributed by atoms with van der Waals surface area (Å²) in [5.74, 6) is 0.628. The first-order valence-electron chi connectivity index (χ1n) is 4.04. The van der Waals surface area contributed by atoms with Gasteiger partial charge in [-0.3, -0.25) is 0 Å². The van der Waals surface area contributed by atoms with Gasteiger partial charge in [0.2, 0.25) is 10.0 Å². The fraction of sp³-hybridized carbons (Fsp3) is 0.429. The van der Waals surface area contributed by atoms with Crippen LogP contribution in [0, 0.1) is 0 Å². The van der Waals surface area contributed by atoms with Crippen LogP contribution in [0.3, 0.4) is 0 Å². The molecule has 0 saturated heterocycles. The van der Waals surface area contributed by atoms with Crippen molar-refractivity contribution >= 4 is 15.8 Å². The molecule has 2 N–H and O–H groups in total. The Morgan fingerprint density at radius 1 is 1.43 bits per heavy atom. The van der Waals surface area contributed by atoms with Gasteiger partial charge in [-0.05, 0) is 12.1 Å². The Bertz CT molecular complexity index is 365. The molecule has 7 heteroatoms. The Labute approximate surface area is 82.8 Å². The van der Waals surface area contributed by atoms with Crippen LogP contribution in [0.4, 0.5) is 5.82 Å². The maximum Gasteiger partial charge on any atom is 0.208 e. The predicted molar refractivity (Wildman–Crippen MR) is 53.4 cm³/mol. The van der Waals surface area contributed by atoms with Gasteiger partial charge in [0.05, 0.1) is 6.26 Å². The number of nitrogens with zero attached hydrogens (tertiary/aromatic N) is 2. The van der Waals surface area contributed by atoms with Crippen molar-refractivity contribution in [2.24, 2.45) is 0 Å². The van der Waals surface area contributed by atoms with E-state index in [-0.39, 0.29) is 0 Å². The number of hydrogen-bond donors (Lipinski definition) is 2. The minimum atomic E-state index is -3.10. The van der Waals surface area contributed by atoms with Crippen LogP contribution in [0.1, 0.15) is 0 Å². The van der Waals surface area contributed by atoms with Crippen molar-refractivity contribution in [2.45, 2.75) is 0 Å². The first kappa shape index (κ1) is 10.9. The molecule has 1 rings (SSSR count). The quantitative estimate of drug-likeness (QED) is 0.644. The lowest BCUT2D eigenvalue weighted by Crippen LogP contribution is -2.27. The van der Waals surface area contributed by atoms with E-state index in [0.717, 1.165) is 6.26 Å². The van der Waals surface area contributed by atoms with Gasteiger partial charge in [0.1, 0.15) is 5.82 Å². The van der Waals surface area contributed by atoms with E-state index in [2.05, 4.69) is 20.2 Å². The zero-order valence-electron chi connectivity index (χ0n) is 7.77. The molecule has 14 heavy (non-hydrogen) atoms. The highest BCUT2D eigenvalue weighted by molar-refractivity contribution is 7.88. The average Bonchev–Trinajstić information content (AvgIpc) is 2.13. The summed E-state index contributed by atoms with van der Waals surface area (Å²) in [6.45, 7) is 0.807. The molecule has 1 heterocycles. The van der Waals surface area contributed by atoms with Gasteiger partial charge in [-0.2, -0.15) is 5.10 Å². The van der Waals surface area contributed by atoms with E-state index in [9.17, 15) is 8.42 Å². The van der Waals surface area contributed by atoms with Crippen molar-refractivity contribution in [1.29, 1.82) is 0 Å². The summed E-state index contributed by atoms with van der Waals surface area (Å²) in [4.78, 5) is 0. The van der Waals surface area contributed by atoms with Crippen LogP contribution in [0.25, 0.3) is 0 Å². The summed E-state index contributed by atoms with van der Waals surface area (Å²) in [6, 6.07) is 3.51. The minimum Gasteiger partial charge on any atom is -0.367 e. The topological polar surface area (TPSA) is 84.0 Å². The zero-order valence-corrected chi connectivity index (χ0v) is 8.58. The van der Waals surface area contributed by atoms with E-state index in [1.54, 1.807) is 18.3 Å². The molecule has 0 aromatic carbocycles. The lowest BCUT2D eigenvalue weighted by atomic mass is 10.5. The van der Waals surface area contributed by atoms with E-state index in [4.69, 9.17) is 0 Å². The van der Waals surface area contributed by atoms with E-state index in [1.165, 1.54) is 0 Å². The van der Waals surface area contributed by atoms with Crippen molar-refractivity contribution in [3.8, 4) is 0 Å². The SMILES string of the molecule is CS(=O)(=O)NCCNc1cccnn1. The van der Waals surface area contributed by atoms with Crippen LogP contribution < -0.4 is 10.0 Å². The highest BCUT2D eigenvalue weighted by Crippen LogP contribution is 1.95. The molecular formula is C7H12N4O2S. The van der Waals surface area contributed by atoms with Crippen molar-refractivity contribution in [3.05, 3.63) is 18.3 Å². The van der Waals surface area contributed by atoms with Gasteiger partial charge >= 0.3 is 0 Å². The van der Waals surface area contributed by atoms with Crippen molar-refractivity contribution in [2.75, 3.05) is 24.7 Å². The smallest absolute Gasteiger partial charge is 0.208 e. The van der Waals surface area contributed by atoms with Crippen LogP contribution in [0.2, 0.25) is 0 Å². The Hall–Kier alpha value is -1.21. The second-order valence-electron chi connectivity index (χ2n) is 2.70. The minimum absolute atomic E-state index is 0.329. The van der Waals surface area contributed by atoms with Gasteiger partial charge in [0.25, 0.3) is 0 Å². The normalized spacial score (nSPS) is 11.2. The highest BCUT2D eigenvalue weighted by Gasteiger charge is 1.98. The third-order valence-corrected chi connectivity index (χ3v) is 2.10. The number of anilines is 1. The fourth-order valence-corrected chi connectivity index (χ4v) is 1.30. The van der Waals surface area contributed by atoms with E-state index < -0.39 is 10.0 Å². The zero-order chi connectivity index (χ0) is 10.4. The molecule has 1 aromatic rings. The van der Waals surface area contributed by atoms with E-state index >= 15 is 0 Å². The van der Waals surface area contributed by atoms with Gasteiger partial charge in [0, 0.05) is 19.3 Å². The molecule has 0 bridgehead atoms. The summed E-state index contributed by atoms with van der Waals surface area (Å²) >= 11 is 0. The Morgan fingerprint density at radius 3 is 2.79 bits per heavy atom. The van der Waals surface area contributed by atoms with Crippen molar-refractivity contribution in [3.63, 3.8) is 0 Å². The van der Waals surface area contributed by atoms with Crippen molar-refractivity contribution < 1.29 is 8.42 Å². The third kappa shape index (κ3) is 4.73. The summed E-state index contributed by atoms with van der Waals surface area (Å²) in [7, 11) is -3.10. The van der Waals surface area contributed by atoms with E-state index in [1.807, 2.05) is 0 Å². The summed E-state index contributed by atoms with van der Waals surface area (Å²) < 4.78 is 23.7. The molecule has 78 valence electrons. The molecule has 0 aliphatic heterocycles. The first-order valence-corrected chi connectivity index (χ1v) is 5.93. The summed E-state index contributed by atoms with van der Waals surface area (Å²) in [5, 5.41) is 10.4. The Kier molecular flexibility index (Phi) is 3.78. The molecule has 0 aliphatic rings. The lowest BCUT2D eigenvalue weighted by molar-refractivity contribution is 0.589. The molecule has 0 spiro atoms. The number of rotatable bonds is 5. The van der Waals surface area contributed by atoms with Crippen LogP contribution in [0.5, 0.6) is 0 Å². The number of sulfonamides is 1. The van der Waals surface area contributed by atoms with Gasteiger partial charge < -0.3 is 5.32 Å². The molecule has 6 nitrogen and oxygen atoms in total. The van der Waals surface area contributed by atoms with Crippen molar-refractivity contribution in [1.82, 2.24) is 14.9 Å². The third-order valence-electron chi connectivity index (χ3n) is 1.37. The molecule has 0 unspecified atom stereocenters. The van der Waals surface area contributed by atoms with Crippen LogP contribution in [0.15, 0.2) is 18.3 Å². The second-order valence-corrected chi connectivity index (χ2v) is 4.54. The lowest BCUT2D eigenvalue weighted by Gasteiger charge is -2.04. The monoisotopic (exact) mass is 216 g/mol. The maximum absolute atomic E-state index is 10.7. The second kappa shape index (κ2) is 4.87. The Morgan fingerprint density at radius 2 is 2.21 bits per heavy atom. The number of aromatic nitrogens is 2. The standard InChI is InChI=1S/C7H12N4O2S/c1-14(12,13)10-6-5-8-7-3-2-4-9-11-7/h2-4,10H,5-6H2,1H3,(H,8,11). The van der Waals surface area contributed by atoms with Gasteiger partial charge in [-0.25, -0.2) is 13.1 Å². The fourth-order valence-electron chi connectivity index (χ4n) is 0.823. The number of nitrogens with one attached hydrogen (secondary N) is 2. The highest BCUT2D eigenvalue weighted by atomic mass is 32.2. The molecular weight excluding hydrogens is 204 g/mol. The molecule has 0 saturated carbocycles. The van der Waals surface area contributed by atoms with Gasteiger partial charge in [0.15, 0.2) is 0 Å². The summed E-state index contributed by atoms with van der Waals surface area (Å²) in [5.41, 5.74) is 0. The molecule has 0 fully saturated rings. The van der Waals surface area contributed by atoms with Crippen LogP contribution in [-0.2, 0) is 10.0 Å². The Balaban J connectivity index is 2.23. The van der Waals surface area contributed by atoms with E-state index in [0.29, 0.717) is 18.9 Å². The molecule has 1 aromatic heterocycles. The molecule has 0 radical (unpaired) electrons. The van der Waals surface area contributed by atoms with Gasteiger partial charge in [-0.15, -0.1) is 5.10 Å². The predicted octanol–water partition coefficient (Wildman–Crippen LogP) is -0.562.